The number of anilines is 1. The molecule has 0 saturated heterocycles. The Balaban J connectivity index is 1.74. The van der Waals surface area contributed by atoms with Crippen LogP contribution in [0.5, 0.6) is 0 Å². The van der Waals surface area contributed by atoms with Gasteiger partial charge in [-0.1, -0.05) is 79.9 Å². The molecule has 1 saturated carbocycles. The molecule has 0 radical (unpaired) electrons. The Morgan fingerprint density at radius 3 is 2.27 bits per heavy atom. The predicted molar refractivity (Wildman–Crippen MR) is 163 cm³/mol. The number of amides is 2. The third-order valence-corrected chi connectivity index (χ3v) is 9.75. The average molecular weight is 576 g/mol. The third-order valence-electron chi connectivity index (χ3n) is 7.98. The van der Waals surface area contributed by atoms with Crippen LogP contribution in [-0.4, -0.2) is 43.8 Å². The molecular weight excluding hydrogens is 534 g/mol. The Bertz CT molecular complexity index is 1470. The van der Waals surface area contributed by atoms with Gasteiger partial charge in [-0.3, -0.25) is 13.9 Å². The molecule has 7 nitrogen and oxygen atoms in total. The van der Waals surface area contributed by atoms with Crippen molar-refractivity contribution in [2.75, 3.05) is 10.8 Å². The number of nitrogens with zero attached hydrogens (tertiary/aromatic N) is 2. The van der Waals surface area contributed by atoms with Gasteiger partial charge >= 0.3 is 0 Å². The largest absolute Gasteiger partial charge is 0.352 e. The van der Waals surface area contributed by atoms with Crippen molar-refractivity contribution in [1.82, 2.24) is 10.2 Å². The van der Waals surface area contributed by atoms with Crippen LogP contribution in [0.25, 0.3) is 0 Å². The molecule has 1 aliphatic rings. The summed E-state index contributed by atoms with van der Waals surface area (Å²) in [5.74, 6) is -0.620. The number of hydrogen-bond acceptors (Lipinski definition) is 4. The van der Waals surface area contributed by atoms with Gasteiger partial charge in [0.05, 0.1) is 10.6 Å². The molecule has 0 heterocycles. The number of rotatable bonds is 11. The first kappa shape index (κ1) is 30.3. The number of aryl methyl sites for hydroxylation is 2. The van der Waals surface area contributed by atoms with Crippen LogP contribution in [0.15, 0.2) is 77.7 Å². The van der Waals surface area contributed by atoms with Crippen molar-refractivity contribution in [1.29, 1.82) is 0 Å². The second kappa shape index (κ2) is 13.3. The molecule has 0 bridgehead atoms. The van der Waals surface area contributed by atoms with Gasteiger partial charge in [-0.25, -0.2) is 8.42 Å². The summed E-state index contributed by atoms with van der Waals surface area (Å²) in [5, 5.41) is 3.16. The average Bonchev–Trinajstić information content (AvgIpc) is 3.46. The van der Waals surface area contributed by atoms with E-state index in [1.807, 2.05) is 58.0 Å². The van der Waals surface area contributed by atoms with Crippen LogP contribution < -0.4 is 9.62 Å². The maximum absolute atomic E-state index is 14.3. The molecule has 0 unspecified atom stereocenters. The van der Waals surface area contributed by atoms with Gasteiger partial charge < -0.3 is 10.2 Å². The van der Waals surface area contributed by atoms with Gasteiger partial charge in [-0.15, -0.1) is 0 Å². The topological polar surface area (TPSA) is 86.8 Å². The molecule has 0 aromatic heterocycles. The van der Waals surface area contributed by atoms with Crippen molar-refractivity contribution in [2.24, 2.45) is 0 Å². The molecule has 41 heavy (non-hydrogen) atoms. The molecule has 218 valence electrons. The fourth-order valence-corrected chi connectivity index (χ4v) is 7.03. The highest BCUT2D eigenvalue weighted by Crippen LogP contribution is 2.29. The second-order valence-electron chi connectivity index (χ2n) is 11.0. The number of hydrogen-bond donors (Lipinski definition) is 1. The first-order valence-electron chi connectivity index (χ1n) is 14.4. The van der Waals surface area contributed by atoms with Crippen molar-refractivity contribution in [2.45, 2.75) is 83.3 Å². The van der Waals surface area contributed by atoms with Crippen LogP contribution in [0.4, 0.5) is 5.69 Å². The quantitative estimate of drug-likeness (QED) is 0.319. The zero-order valence-electron chi connectivity index (χ0n) is 24.5. The molecule has 3 aromatic rings. The first-order valence-corrected chi connectivity index (χ1v) is 15.8. The number of nitrogens with one attached hydrogen (secondary N) is 1. The van der Waals surface area contributed by atoms with Crippen molar-refractivity contribution < 1.29 is 18.0 Å². The minimum Gasteiger partial charge on any atom is -0.352 e. The molecule has 0 aliphatic heterocycles. The molecule has 0 spiro atoms. The van der Waals surface area contributed by atoms with Gasteiger partial charge in [0.1, 0.15) is 12.6 Å². The normalized spacial score (nSPS) is 14.4. The van der Waals surface area contributed by atoms with E-state index in [2.05, 4.69) is 5.32 Å². The lowest BCUT2D eigenvalue weighted by Gasteiger charge is -2.34. The van der Waals surface area contributed by atoms with Gasteiger partial charge in [0, 0.05) is 12.6 Å². The predicted octanol–water partition coefficient (Wildman–Crippen LogP) is 5.67. The van der Waals surface area contributed by atoms with E-state index in [9.17, 15) is 18.0 Å². The summed E-state index contributed by atoms with van der Waals surface area (Å²) in [6.45, 7) is 7.41. The van der Waals surface area contributed by atoms with Gasteiger partial charge in [-0.05, 0) is 74.9 Å². The lowest BCUT2D eigenvalue weighted by atomic mass is 10.1. The Hall–Kier alpha value is -3.65. The van der Waals surface area contributed by atoms with E-state index in [4.69, 9.17) is 0 Å². The summed E-state index contributed by atoms with van der Waals surface area (Å²) in [5.41, 5.74) is 4.07. The number of benzene rings is 3. The van der Waals surface area contributed by atoms with E-state index >= 15 is 0 Å². The molecular formula is C33H41N3O4S. The fourth-order valence-electron chi connectivity index (χ4n) is 5.53. The summed E-state index contributed by atoms with van der Waals surface area (Å²) in [6.07, 6.45) is 4.43. The molecule has 1 fully saturated rings. The van der Waals surface area contributed by atoms with Crippen molar-refractivity contribution >= 4 is 27.5 Å². The Kier molecular flexibility index (Phi) is 9.86. The highest BCUT2D eigenvalue weighted by atomic mass is 32.2. The molecule has 1 N–H and O–H groups in total. The Morgan fingerprint density at radius 1 is 0.927 bits per heavy atom. The maximum Gasteiger partial charge on any atom is 0.264 e. The van der Waals surface area contributed by atoms with Gasteiger partial charge in [0.2, 0.25) is 11.8 Å². The maximum atomic E-state index is 14.3. The van der Waals surface area contributed by atoms with E-state index < -0.39 is 28.5 Å². The van der Waals surface area contributed by atoms with Gasteiger partial charge in [0.15, 0.2) is 0 Å². The zero-order valence-corrected chi connectivity index (χ0v) is 25.3. The Labute approximate surface area is 244 Å². The lowest BCUT2D eigenvalue weighted by molar-refractivity contribution is -0.140. The molecule has 1 aliphatic carbocycles. The van der Waals surface area contributed by atoms with Crippen LogP contribution in [-0.2, 0) is 26.2 Å². The smallest absolute Gasteiger partial charge is 0.264 e. The van der Waals surface area contributed by atoms with Crippen molar-refractivity contribution in [3.63, 3.8) is 0 Å². The lowest BCUT2D eigenvalue weighted by Crippen LogP contribution is -2.53. The highest BCUT2D eigenvalue weighted by Gasteiger charge is 2.35. The minimum atomic E-state index is -4.09. The van der Waals surface area contributed by atoms with Crippen LogP contribution in [0, 0.1) is 20.8 Å². The number of carbonyl (C=O) groups excluding carboxylic acids is 2. The number of sulfonamides is 1. The minimum absolute atomic E-state index is 0.102. The van der Waals surface area contributed by atoms with E-state index in [0.29, 0.717) is 12.1 Å². The van der Waals surface area contributed by atoms with Crippen LogP contribution in [0.3, 0.4) is 0 Å². The van der Waals surface area contributed by atoms with E-state index in [-0.39, 0.29) is 23.4 Å². The molecule has 8 heteroatoms. The third kappa shape index (κ3) is 7.17. The monoisotopic (exact) mass is 575 g/mol. The summed E-state index contributed by atoms with van der Waals surface area (Å²) in [6, 6.07) is 20.8. The van der Waals surface area contributed by atoms with Crippen LogP contribution in [0.1, 0.15) is 61.3 Å². The molecule has 2 amide bonds. The van der Waals surface area contributed by atoms with E-state index in [0.717, 1.165) is 47.9 Å². The number of carbonyl (C=O) groups is 2. The zero-order chi connectivity index (χ0) is 29.6. The molecule has 4 rings (SSSR count). The van der Waals surface area contributed by atoms with E-state index in [1.54, 1.807) is 35.2 Å². The SMILES string of the molecule is CC[C@@H](C(=O)NC1CCCC1)N(Cc1cccc(C)c1)C(=O)CN(c1cccc(C)c1C)S(=O)(=O)c1ccccc1. The molecule has 1 atom stereocenters. The standard InChI is InChI=1S/C33H41N3O4S/c1-5-30(33(38)34-28-16-9-10-17-28)35(22-27-15-11-13-24(2)21-27)32(37)23-36(31-20-12-14-25(3)26(31)4)41(39,40)29-18-7-6-8-19-29/h6-8,11-15,18-21,28,30H,5,9-10,16-17,22-23H2,1-4H3,(H,34,38)/t30-/m0/s1. The van der Waals surface area contributed by atoms with Crippen LogP contribution in [0.2, 0.25) is 0 Å². The molecule has 3 aromatic carbocycles. The highest BCUT2D eigenvalue weighted by molar-refractivity contribution is 7.92. The van der Waals surface area contributed by atoms with Gasteiger partial charge in [-0.2, -0.15) is 0 Å². The summed E-state index contributed by atoms with van der Waals surface area (Å²) >= 11 is 0. The summed E-state index contributed by atoms with van der Waals surface area (Å²) < 4.78 is 29.3. The van der Waals surface area contributed by atoms with Crippen molar-refractivity contribution in [3.05, 3.63) is 95.1 Å². The summed E-state index contributed by atoms with van der Waals surface area (Å²) in [4.78, 5) is 29.5. The van der Waals surface area contributed by atoms with Crippen LogP contribution >= 0.6 is 0 Å². The van der Waals surface area contributed by atoms with E-state index in [1.165, 1.54) is 16.4 Å². The first-order chi connectivity index (χ1) is 19.6. The second-order valence-corrected chi connectivity index (χ2v) is 12.8. The fraction of sp³-hybridized carbons (Fsp3) is 0.394. The summed E-state index contributed by atoms with van der Waals surface area (Å²) in [7, 11) is -4.09. The Morgan fingerprint density at radius 2 is 1.61 bits per heavy atom. The van der Waals surface area contributed by atoms with Gasteiger partial charge in [0.25, 0.3) is 10.0 Å². The van der Waals surface area contributed by atoms with Crippen molar-refractivity contribution in [3.8, 4) is 0 Å².